The second-order valence-corrected chi connectivity index (χ2v) is 6.39. The van der Waals surface area contributed by atoms with Crippen LogP contribution in [0.2, 0.25) is 5.02 Å². The molecule has 0 aliphatic rings. The third-order valence-corrected chi connectivity index (χ3v) is 4.13. The number of halogens is 1. The molecule has 122 valence electrons. The van der Waals surface area contributed by atoms with Crippen molar-refractivity contribution in [2.24, 2.45) is 0 Å². The lowest BCUT2D eigenvalue weighted by molar-refractivity contribution is 0.0988. The van der Waals surface area contributed by atoms with E-state index in [0.29, 0.717) is 13.1 Å². The van der Waals surface area contributed by atoms with Crippen LogP contribution in [0.5, 0.6) is 0 Å². The van der Waals surface area contributed by atoms with Crippen molar-refractivity contribution in [1.29, 1.82) is 0 Å². The molecule has 4 heteroatoms. The highest BCUT2D eigenvalue weighted by Gasteiger charge is 2.14. The Morgan fingerprint density at radius 2 is 1.70 bits per heavy atom. The van der Waals surface area contributed by atoms with Crippen LogP contribution in [0.25, 0.3) is 0 Å². The molecule has 0 aliphatic heterocycles. The first-order chi connectivity index (χ1) is 11.0. The van der Waals surface area contributed by atoms with Crippen LogP contribution in [0, 0.1) is 6.92 Å². The minimum Gasteiger partial charge on any atom is -0.308 e. The van der Waals surface area contributed by atoms with Crippen LogP contribution in [-0.4, -0.2) is 37.9 Å². The maximum Gasteiger partial charge on any atom is 0.176 e. The standard InChI is InChI=1S/C19H23ClN2O/c1-14-4-6-16(7-5-14)19(23)13-21-12-18(22(2)3)15-8-10-17(20)11-9-15/h4-11,18,21H,12-13H2,1-3H3. The summed E-state index contributed by atoms with van der Waals surface area (Å²) in [6.07, 6.45) is 0. The molecular formula is C19H23ClN2O. The molecule has 0 aromatic heterocycles. The molecule has 2 aromatic rings. The number of carbonyl (C=O) groups excluding carboxylic acids is 1. The van der Waals surface area contributed by atoms with Gasteiger partial charge in [-0.25, -0.2) is 0 Å². The molecular weight excluding hydrogens is 308 g/mol. The molecule has 0 aliphatic carbocycles. The highest BCUT2D eigenvalue weighted by molar-refractivity contribution is 6.30. The molecule has 0 spiro atoms. The normalized spacial score (nSPS) is 12.4. The van der Waals surface area contributed by atoms with Gasteiger partial charge in [0.15, 0.2) is 5.78 Å². The van der Waals surface area contributed by atoms with Crippen molar-refractivity contribution in [3.05, 3.63) is 70.2 Å². The number of ketones is 1. The molecule has 2 rings (SSSR count). The van der Waals surface area contributed by atoms with E-state index in [9.17, 15) is 4.79 Å². The number of Topliss-reactive ketones (excluding diaryl/α,β-unsaturated/α-hetero) is 1. The average molecular weight is 331 g/mol. The van der Waals surface area contributed by atoms with Gasteiger partial charge in [0, 0.05) is 23.2 Å². The smallest absolute Gasteiger partial charge is 0.176 e. The Bertz CT molecular complexity index is 635. The van der Waals surface area contributed by atoms with Gasteiger partial charge in [-0.05, 0) is 38.7 Å². The van der Waals surface area contributed by atoms with Crippen LogP contribution in [0.3, 0.4) is 0 Å². The zero-order chi connectivity index (χ0) is 16.8. The fraction of sp³-hybridized carbons (Fsp3) is 0.316. The summed E-state index contributed by atoms with van der Waals surface area (Å²) >= 11 is 5.95. The predicted octanol–water partition coefficient (Wildman–Crippen LogP) is 3.72. The van der Waals surface area contributed by atoms with Crippen LogP contribution in [-0.2, 0) is 0 Å². The quantitative estimate of drug-likeness (QED) is 0.785. The third-order valence-electron chi connectivity index (χ3n) is 3.87. The zero-order valence-electron chi connectivity index (χ0n) is 13.8. The zero-order valence-corrected chi connectivity index (χ0v) is 14.6. The number of hydrogen-bond donors (Lipinski definition) is 1. The molecule has 0 radical (unpaired) electrons. The molecule has 2 aromatic carbocycles. The van der Waals surface area contributed by atoms with Crippen LogP contribution in [0.15, 0.2) is 48.5 Å². The molecule has 1 N–H and O–H groups in total. The fourth-order valence-corrected chi connectivity index (χ4v) is 2.57. The molecule has 23 heavy (non-hydrogen) atoms. The van der Waals surface area contributed by atoms with Gasteiger partial charge in [0.05, 0.1) is 6.54 Å². The number of benzene rings is 2. The number of likely N-dealkylation sites (N-methyl/N-ethyl adjacent to an activating group) is 1. The lowest BCUT2D eigenvalue weighted by Crippen LogP contribution is -2.33. The van der Waals surface area contributed by atoms with Crippen molar-refractivity contribution in [2.45, 2.75) is 13.0 Å². The van der Waals surface area contributed by atoms with E-state index in [2.05, 4.69) is 10.2 Å². The van der Waals surface area contributed by atoms with Gasteiger partial charge in [-0.1, -0.05) is 53.6 Å². The van der Waals surface area contributed by atoms with E-state index in [1.165, 1.54) is 5.56 Å². The van der Waals surface area contributed by atoms with Gasteiger partial charge in [-0.2, -0.15) is 0 Å². The van der Waals surface area contributed by atoms with Crippen molar-refractivity contribution in [3.8, 4) is 0 Å². The molecule has 0 saturated heterocycles. The van der Waals surface area contributed by atoms with Gasteiger partial charge < -0.3 is 10.2 Å². The summed E-state index contributed by atoms with van der Waals surface area (Å²) in [5, 5.41) is 4.00. The monoisotopic (exact) mass is 330 g/mol. The molecule has 0 heterocycles. The molecule has 3 nitrogen and oxygen atoms in total. The van der Waals surface area contributed by atoms with Crippen molar-refractivity contribution in [2.75, 3.05) is 27.2 Å². The third kappa shape index (κ3) is 5.17. The summed E-state index contributed by atoms with van der Waals surface area (Å²) in [4.78, 5) is 14.3. The van der Waals surface area contributed by atoms with E-state index >= 15 is 0 Å². The molecule has 0 amide bonds. The first-order valence-corrected chi connectivity index (χ1v) is 8.07. The second-order valence-electron chi connectivity index (χ2n) is 5.95. The molecule has 0 saturated carbocycles. The SMILES string of the molecule is Cc1ccc(C(=O)CNCC(c2ccc(Cl)cc2)N(C)C)cc1. The van der Waals surface area contributed by atoms with Crippen LogP contribution in [0.1, 0.15) is 27.5 Å². The Hall–Kier alpha value is -1.68. The highest BCUT2D eigenvalue weighted by atomic mass is 35.5. The van der Waals surface area contributed by atoms with Crippen LogP contribution < -0.4 is 5.32 Å². The van der Waals surface area contributed by atoms with E-state index < -0.39 is 0 Å². The summed E-state index contributed by atoms with van der Waals surface area (Å²) in [6, 6.07) is 15.7. The van der Waals surface area contributed by atoms with E-state index in [1.54, 1.807) is 0 Å². The Morgan fingerprint density at radius 1 is 1.09 bits per heavy atom. The number of nitrogens with one attached hydrogen (secondary N) is 1. The highest BCUT2D eigenvalue weighted by Crippen LogP contribution is 2.19. The van der Waals surface area contributed by atoms with Crippen molar-refractivity contribution >= 4 is 17.4 Å². The molecule has 1 unspecified atom stereocenters. The lowest BCUT2D eigenvalue weighted by Gasteiger charge is -2.25. The first kappa shape index (κ1) is 17.7. The largest absolute Gasteiger partial charge is 0.308 e. The van der Waals surface area contributed by atoms with E-state index in [-0.39, 0.29) is 11.8 Å². The van der Waals surface area contributed by atoms with Gasteiger partial charge >= 0.3 is 0 Å². The Kier molecular flexibility index (Phi) is 6.34. The predicted molar refractivity (Wildman–Crippen MR) is 96.3 cm³/mol. The van der Waals surface area contributed by atoms with Crippen molar-refractivity contribution < 1.29 is 4.79 Å². The van der Waals surface area contributed by atoms with E-state index in [4.69, 9.17) is 11.6 Å². The Balaban J connectivity index is 1.93. The summed E-state index contributed by atoms with van der Waals surface area (Å²) in [5.41, 5.74) is 3.08. The molecule has 0 bridgehead atoms. The van der Waals surface area contributed by atoms with Gasteiger partial charge in [0.2, 0.25) is 0 Å². The van der Waals surface area contributed by atoms with Crippen molar-refractivity contribution in [1.82, 2.24) is 10.2 Å². The summed E-state index contributed by atoms with van der Waals surface area (Å²) < 4.78 is 0. The number of nitrogens with zero attached hydrogens (tertiary/aromatic N) is 1. The minimum atomic E-state index is 0.110. The summed E-state index contributed by atoms with van der Waals surface area (Å²) in [7, 11) is 4.06. The molecule has 0 fully saturated rings. The maximum atomic E-state index is 12.2. The van der Waals surface area contributed by atoms with E-state index in [1.807, 2.05) is 69.6 Å². The van der Waals surface area contributed by atoms with Gasteiger partial charge in [-0.3, -0.25) is 4.79 Å². The number of aryl methyl sites for hydroxylation is 1. The Morgan fingerprint density at radius 3 is 2.26 bits per heavy atom. The first-order valence-electron chi connectivity index (χ1n) is 7.70. The van der Waals surface area contributed by atoms with Crippen LogP contribution >= 0.6 is 11.6 Å². The van der Waals surface area contributed by atoms with Gasteiger partial charge in [-0.15, -0.1) is 0 Å². The van der Waals surface area contributed by atoms with Gasteiger partial charge in [0.25, 0.3) is 0 Å². The average Bonchev–Trinajstić information content (AvgIpc) is 2.53. The number of carbonyl (C=O) groups is 1. The Labute approximate surface area is 143 Å². The summed E-state index contributed by atoms with van der Waals surface area (Å²) in [6.45, 7) is 3.05. The molecule has 1 atom stereocenters. The topological polar surface area (TPSA) is 32.3 Å². The number of rotatable bonds is 7. The minimum absolute atomic E-state index is 0.110. The fourth-order valence-electron chi connectivity index (χ4n) is 2.45. The maximum absolute atomic E-state index is 12.2. The number of hydrogen-bond acceptors (Lipinski definition) is 3. The second kappa shape index (κ2) is 8.25. The van der Waals surface area contributed by atoms with Gasteiger partial charge in [0.1, 0.15) is 0 Å². The van der Waals surface area contributed by atoms with Crippen LogP contribution in [0.4, 0.5) is 0 Å². The summed E-state index contributed by atoms with van der Waals surface area (Å²) in [5.74, 6) is 0.110. The van der Waals surface area contributed by atoms with E-state index in [0.717, 1.165) is 16.1 Å². The van der Waals surface area contributed by atoms with Crippen molar-refractivity contribution in [3.63, 3.8) is 0 Å². The lowest BCUT2D eigenvalue weighted by atomic mass is 10.1.